The zero-order chi connectivity index (χ0) is 11.7. The third-order valence-corrected chi connectivity index (χ3v) is 2.06. The van der Waals surface area contributed by atoms with Gasteiger partial charge in [-0.3, -0.25) is 4.79 Å². The van der Waals surface area contributed by atoms with Crippen molar-refractivity contribution < 1.29 is 18.7 Å². The normalized spacial score (nSPS) is 12.6. The highest BCUT2D eigenvalue weighted by Gasteiger charge is 2.14. The molecule has 1 aromatic heterocycles. The first-order valence-electron chi connectivity index (χ1n) is 4.61. The molecule has 1 unspecified atom stereocenters. The highest BCUT2D eigenvalue weighted by Crippen LogP contribution is 2.20. The van der Waals surface area contributed by atoms with E-state index in [9.17, 15) is 9.18 Å². The third-order valence-electron chi connectivity index (χ3n) is 2.06. The van der Waals surface area contributed by atoms with Gasteiger partial charge in [0.15, 0.2) is 5.58 Å². The Bertz CT molecular complexity index is 538. The lowest BCUT2D eigenvalue weighted by molar-refractivity contribution is -0.137. The fraction of sp³-hybridized carbons (Fsp3) is 0.200. The second-order valence-corrected chi connectivity index (χ2v) is 3.34. The van der Waals surface area contributed by atoms with Crippen molar-refractivity contribution >= 4 is 23.1 Å². The van der Waals surface area contributed by atoms with Gasteiger partial charge in [0.05, 0.1) is 0 Å². The molecule has 0 aliphatic rings. The Kier molecular flexibility index (Phi) is 2.47. The first-order valence-corrected chi connectivity index (χ1v) is 4.61. The number of nitrogens with zero attached hydrogens (tertiary/aromatic N) is 1. The zero-order valence-electron chi connectivity index (χ0n) is 8.40. The summed E-state index contributed by atoms with van der Waals surface area (Å²) in [6.45, 7) is 1.46. The van der Waals surface area contributed by atoms with Crippen LogP contribution in [0.1, 0.15) is 6.92 Å². The Morgan fingerprint density at radius 3 is 3.06 bits per heavy atom. The summed E-state index contributed by atoms with van der Waals surface area (Å²) in [5.74, 6) is -1.45. The summed E-state index contributed by atoms with van der Waals surface area (Å²) in [5.41, 5.74) is 0.751. The molecule has 6 heteroatoms. The minimum Gasteiger partial charge on any atom is -0.480 e. The number of hydrogen-bond acceptors (Lipinski definition) is 4. The summed E-state index contributed by atoms with van der Waals surface area (Å²) in [6, 6.07) is 3.16. The van der Waals surface area contributed by atoms with Crippen LogP contribution in [0.15, 0.2) is 22.6 Å². The third kappa shape index (κ3) is 1.95. The Labute approximate surface area is 89.9 Å². The Hall–Kier alpha value is -2.11. The van der Waals surface area contributed by atoms with Crippen molar-refractivity contribution in [1.82, 2.24) is 4.98 Å². The predicted octanol–water partition coefficient (Wildman–Crippen LogP) is 1.85. The first-order chi connectivity index (χ1) is 7.56. The molecule has 0 spiro atoms. The van der Waals surface area contributed by atoms with E-state index in [1.807, 2.05) is 0 Å². The fourth-order valence-electron chi connectivity index (χ4n) is 1.21. The zero-order valence-corrected chi connectivity index (χ0v) is 8.40. The van der Waals surface area contributed by atoms with Gasteiger partial charge in [-0.1, -0.05) is 0 Å². The number of carboxylic acids is 1. The van der Waals surface area contributed by atoms with Crippen LogP contribution in [0.3, 0.4) is 0 Å². The van der Waals surface area contributed by atoms with Crippen molar-refractivity contribution in [2.45, 2.75) is 13.0 Å². The number of hydrogen-bond donors (Lipinski definition) is 2. The Morgan fingerprint density at radius 2 is 2.38 bits per heavy atom. The number of rotatable bonds is 3. The van der Waals surface area contributed by atoms with Crippen LogP contribution in [-0.4, -0.2) is 22.1 Å². The van der Waals surface area contributed by atoms with Gasteiger partial charge in [-0.2, -0.15) is 4.98 Å². The van der Waals surface area contributed by atoms with Gasteiger partial charge in [-0.25, -0.2) is 4.39 Å². The van der Waals surface area contributed by atoms with Crippen molar-refractivity contribution in [3.05, 3.63) is 24.0 Å². The van der Waals surface area contributed by atoms with Crippen LogP contribution in [0.2, 0.25) is 0 Å². The molecule has 0 aliphatic heterocycles. The average Bonchev–Trinajstić information content (AvgIpc) is 2.58. The van der Waals surface area contributed by atoms with Crippen molar-refractivity contribution in [1.29, 1.82) is 0 Å². The van der Waals surface area contributed by atoms with Gasteiger partial charge in [-0.15, -0.1) is 0 Å². The molecule has 16 heavy (non-hydrogen) atoms. The van der Waals surface area contributed by atoms with Crippen LogP contribution in [0.5, 0.6) is 0 Å². The second-order valence-electron chi connectivity index (χ2n) is 3.34. The average molecular weight is 224 g/mol. The molecule has 1 atom stereocenters. The van der Waals surface area contributed by atoms with Crippen molar-refractivity contribution in [3.63, 3.8) is 0 Å². The molecule has 2 aromatic rings. The molecular weight excluding hydrogens is 215 g/mol. The van der Waals surface area contributed by atoms with Gasteiger partial charge in [0.25, 0.3) is 6.01 Å². The summed E-state index contributed by atoms with van der Waals surface area (Å²) >= 11 is 0. The van der Waals surface area contributed by atoms with E-state index >= 15 is 0 Å². The van der Waals surface area contributed by atoms with E-state index in [1.165, 1.54) is 25.1 Å². The van der Waals surface area contributed by atoms with Gasteiger partial charge in [0.2, 0.25) is 0 Å². The van der Waals surface area contributed by atoms with Crippen LogP contribution in [0.25, 0.3) is 11.1 Å². The maximum absolute atomic E-state index is 12.8. The van der Waals surface area contributed by atoms with E-state index in [0.717, 1.165) is 0 Å². The highest BCUT2D eigenvalue weighted by molar-refractivity contribution is 5.78. The standard InChI is InChI=1S/C10H9FN2O3/c1-5(9(14)15)12-10-13-7-3-2-6(11)4-8(7)16-10/h2-5H,1H3,(H,12,13)(H,14,15). The van der Waals surface area contributed by atoms with Crippen LogP contribution in [0, 0.1) is 5.82 Å². The summed E-state index contributed by atoms with van der Waals surface area (Å²) in [7, 11) is 0. The van der Waals surface area contributed by atoms with Crippen LogP contribution < -0.4 is 5.32 Å². The van der Waals surface area contributed by atoms with Crippen LogP contribution in [0.4, 0.5) is 10.4 Å². The summed E-state index contributed by atoms with van der Waals surface area (Å²) in [4.78, 5) is 14.5. The number of oxazole rings is 1. The summed E-state index contributed by atoms with van der Waals surface area (Å²) in [6.07, 6.45) is 0. The molecule has 0 saturated carbocycles. The number of halogens is 1. The molecule has 0 radical (unpaired) electrons. The lowest BCUT2D eigenvalue weighted by Gasteiger charge is -2.04. The number of nitrogens with one attached hydrogen (secondary N) is 1. The second kappa shape index (κ2) is 3.80. The maximum Gasteiger partial charge on any atom is 0.325 e. The van der Waals surface area contributed by atoms with Crippen molar-refractivity contribution in [2.75, 3.05) is 5.32 Å². The molecule has 0 saturated heterocycles. The van der Waals surface area contributed by atoms with Gasteiger partial charge in [0, 0.05) is 6.07 Å². The molecule has 0 fully saturated rings. The van der Waals surface area contributed by atoms with E-state index < -0.39 is 17.8 Å². The van der Waals surface area contributed by atoms with Gasteiger partial charge in [-0.05, 0) is 19.1 Å². The largest absolute Gasteiger partial charge is 0.480 e. The number of carbonyl (C=O) groups is 1. The molecule has 1 heterocycles. The highest BCUT2D eigenvalue weighted by atomic mass is 19.1. The minimum absolute atomic E-state index is 0.0653. The first kappa shape index (κ1) is 10.4. The Balaban J connectivity index is 2.29. The lowest BCUT2D eigenvalue weighted by atomic mass is 10.3. The summed E-state index contributed by atoms with van der Waals surface area (Å²) < 4.78 is 18.0. The number of anilines is 1. The summed E-state index contributed by atoms with van der Waals surface area (Å²) in [5, 5.41) is 11.2. The molecule has 0 bridgehead atoms. The topological polar surface area (TPSA) is 75.4 Å². The quantitative estimate of drug-likeness (QED) is 0.832. The fourth-order valence-corrected chi connectivity index (χ4v) is 1.21. The number of aromatic nitrogens is 1. The SMILES string of the molecule is CC(Nc1nc2ccc(F)cc2o1)C(=O)O. The van der Waals surface area contributed by atoms with E-state index in [1.54, 1.807) is 0 Å². The van der Waals surface area contributed by atoms with Gasteiger partial charge in [0.1, 0.15) is 17.4 Å². The molecule has 2 rings (SSSR count). The maximum atomic E-state index is 12.8. The van der Waals surface area contributed by atoms with Crippen molar-refractivity contribution in [3.8, 4) is 0 Å². The molecule has 5 nitrogen and oxygen atoms in total. The monoisotopic (exact) mass is 224 g/mol. The van der Waals surface area contributed by atoms with Gasteiger partial charge >= 0.3 is 5.97 Å². The minimum atomic E-state index is -1.02. The van der Waals surface area contributed by atoms with Crippen LogP contribution in [-0.2, 0) is 4.79 Å². The van der Waals surface area contributed by atoms with Crippen molar-refractivity contribution in [2.24, 2.45) is 0 Å². The molecule has 2 N–H and O–H groups in total. The molecular formula is C10H9FN2O3. The number of fused-ring (bicyclic) bond motifs is 1. The number of aliphatic carboxylic acids is 1. The van der Waals surface area contributed by atoms with Gasteiger partial charge < -0.3 is 14.8 Å². The van der Waals surface area contributed by atoms with E-state index in [-0.39, 0.29) is 11.6 Å². The van der Waals surface area contributed by atoms with Crippen LogP contribution >= 0.6 is 0 Å². The lowest BCUT2D eigenvalue weighted by Crippen LogP contribution is -2.25. The Morgan fingerprint density at radius 1 is 1.62 bits per heavy atom. The molecule has 84 valence electrons. The van der Waals surface area contributed by atoms with E-state index in [2.05, 4.69) is 10.3 Å². The van der Waals surface area contributed by atoms with E-state index in [4.69, 9.17) is 9.52 Å². The predicted molar refractivity (Wildman–Crippen MR) is 54.7 cm³/mol. The molecule has 1 aromatic carbocycles. The number of carboxylic acid groups (broad SMARTS) is 1. The van der Waals surface area contributed by atoms with E-state index in [0.29, 0.717) is 5.52 Å². The molecule has 0 amide bonds. The smallest absolute Gasteiger partial charge is 0.325 e. The molecule has 0 aliphatic carbocycles. The number of benzene rings is 1.